The zero-order chi connectivity index (χ0) is 14.8. The van der Waals surface area contributed by atoms with Crippen molar-refractivity contribution >= 4 is 27.7 Å². The molecule has 21 heavy (non-hydrogen) atoms. The minimum absolute atomic E-state index is 0.112. The van der Waals surface area contributed by atoms with Gasteiger partial charge in [-0.3, -0.25) is 0 Å². The van der Waals surface area contributed by atoms with Crippen LogP contribution in [0.25, 0.3) is 0 Å². The Morgan fingerprint density at radius 2 is 2.14 bits per heavy atom. The highest BCUT2D eigenvalue weighted by Gasteiger charge is 2.30. The molecule has 0 amide bonds. The number of ether oxygens (including phenoxy) is 1. The van der Waals surface area contributed by atoms with Crippen molar-refractivity contribution in [2.24, 2.45) is 0 Å². The number of fused-ring (bicyclic) bond motifs is 1. The molecule has 2 atom stereocenters. The monoisotopic (exact) mass is 367 g/mol. The predicted molar refractivity (Wildman–Crippen MR) is 87.5 cm³/mol. The van der Waals surface area contributed by atoms with Crippen molar-refractivity contribution in [3.8, 4) is 5.75 Å². The van der Waals surface area contributed by atoms with Gasteiger partial charge < -0.3 is 10.1 Å². The van der Waals surface area contributed by atoms with Gasteiger partial charge in [0.25, 0.3) is 0 Å². The molecule has 1 heterocycles. The fraction of sp³-hybridized carbons (Fsp3) is 0.250. The number of halogens is 2. The number of para-hydroxylation sites is 1. The van der Waals surface area contributed by atoms with Crippen LogP contribution in [0.15, 0.2) is 51.8 Å². The van der Waals surface area contributed by atoms with Crippen molar-refractivity contribution in [3.63, 3.8) is 0 Å². The Labute approximate surface area is 136 Å². The first kappa shape index (κ1) is 14.9. The van der Waals surface area contributed by atoms with Crippen LogP contribution in [-0.2, 0) is 0 Å². The second kappa shape index (κ2) is 6.38. The van der Waals surface area contributed by atoms with E-state index in [0.717, 1.165) is 20.9 Å². The molecule has 1 N–H and O–H groups in total. The van der Waals surface area contributed by atoms with Crippen molar-refractivity contribution in [1.82, 2.24) is 5.32 Å². The van der Waals surface area contributed by atoms with Crippen LogP contribution in [0.3, 0.4) is 0 Å². The highest BCUT2D eigenvalue weighted by Crippen LogP contribution is 2.38. The molecule has 110 valence electrons. The van der Waals surface area contributed by atoms with Crippen LogP contribution in [-0.4, -0.2) is 18.9 Å². The van der Waals surface area contributed by atoms with Gasteiger partial charge in [0.05, 0.1) is 6.04 Å². The molecule has 0 fully saturated rings. The van der Waals surface area contributed by atoms with E-state index in [0.29, 0.717) is 5.56 Å². The Balaban J connectivity index is 1.90. The third kappa shape index (κ3) is 3.10. The maximum atomic E-state index is 14.1. The predicted octanol–water partition coefficient (Wildman–Crippen LogP) is 4.40. The maximum Gasteiger partial charge on any atom is 0.133 e. The van der Waals surface area contributed by atoms with E-state index >= 15 is 0 Å². The summed E-state index contributed by atoms with van der Waals surface area (Å²) in [6, 6.07) is 12.8. The standard InChI is InChI=1S/C16H15BrFNOS/c1-19-16(11-8-10(17)6-7-12(11)18)14-9-21-15-5-3-2-4-13(15)20-14/h2-8,14,16,19H,9H2,1H3. The molecule has 0 radical (unpaired) electrons. The number of nitrogens with one attached hydrogen (secondary N) is 1. The summed E-state index contributed by atoms with van der Waals surface area (Å²) in [7, 11) is 1.83. The van der Waals surface area contributed by atoms with Crippen LogP contribution >= 0.6 is 27.7 Å². The summed E-state index contributed by atoms with van der Waals surface area (Å²) in [5.74, 6) is 1.44. The normalized spacial score (nSPS) is 18.7. The lowest BCUT2D eigenvalue weighted by Gasteiger charge is -2.32. The number of likely N-dealkylation sites (N-methyl/N-ethyl adjacent to an activating group) is 1. The minimum Gasteiger partial charge on any atom is -0.486 e. The van der Waals surface area contributed by atoms with Crippen LogP contribution < -0.4 is 10.1 Å². The zero-order valence-electron chi connectivity index (χ0n) is 11.5. The molecule has 0 saturated heterocycles. The highest BCUT2D eigenvalue weighted by molar-refractivity contribution is 9.10. The molecule has 1 aliphatic heterocycles. The third-order valence-electron chi connectivity index (χ3n) is 3.51. The van der Waals surface area contributed by atoms with E-state index < -0.39 is 0 Å². The molecule has 0 aliphatic carbocycles. The van der Waals surface area contributed by atoms with Gasteiger partial charge in [-0.25, -0.2) is 4.39 Å². The van der Waals surface area contributed by atoms with Crippen LogP contribution in [0.4, 0.5) is 4.39 Å². The quantitative estimate of drug-likeness (QED) is 0.868. The molecular weight excluding hydrogens is 353 g/mol. The first-order valence-corrected chi connectivity index (χ1v) is 8.47. The second-order valence-corrected chi connectivity index (χ2v) is 6.82. The van der Waals surface area contributed by atoms with Crippen LogP contribution in [0.1, 0.15) is 11.6 Å². The summed E-state index contributed by atoms with van der Waals surface area (Å²) in [5.41, 5.74) is 0.622. The molecule has 5 heteroatoms. The van der Waals surface area contributed by atoms with Crippen molar-refractivity contribution in [2.75, 3.05) is 12.8 Å². The third-order valence-corrected chi connectivity index (χ3v) is 5.14. The van der Waals surface area contributed by atoms with Gasteiger partial charge in [-0.1, -0.05) is 28.1 Å². The second-order valence-electron chi connectivity index (χ2n) is 4.85. The molecule has 2 aromatic rings. The van der Waals surface area contributed by atoms with E-state index in [1.807, 2.05) is 37.4 Å². The van der Waals surface area contributed by atoms with Gasteiger partial charge in [0.15, 0.2) is 0 Å². The van der Waals surface area contributed by atoms with Crippen LogP contribution in [0.5, 0.6) is 5.75 Å². The molecule has 2 unspecified atom stereocenters. The van der Waals surface area contributed by atoms with Gasteiger partial charge in [-0.15, -0.1) is 11.8 Å². The molecule has 0 bridgehead atoms. The molecular formula is C16H15BrFNOS. The Morgan fingerprint density at radius 1 is 1.33 bits per heavy atom. The fourth-order valence-corrected chi connectivity index (χ4v) is 3.91. The van der Waals surface area contributed by atoms with Crippen molar-refractivity contribution in [2.45, 2.75) is 17.0 Å². The van der Waals surface area contributed by atoms with Gasteiger partial charge >= 0.3 is 0 Å². The highest BCUT2D eigenvalue weighted by atomic mass is 79.9. The van der Waals surface area contributed by atoms with Crippen molar-refractivity contribution in [3.05, 3.63) is 58.3 Å². The lowest BCUT2D eigenvalue weighted by atomic mass is 10.0. The van der Waals surface area contributed by atoms with E-state index in [9.17, 15) is 4.39 Å². The summed E-state index contributed by atoms with van der Waals surface area (Å²) in [5, 5.41) is 3.19. The number of thioether (sulfide) groups is 1. The summed E-state index contributed by atoms with van der Waals surface area (Å²) in [4.78, 5) is 1.14. The van der Waals surface area contributed by atoms with Crippen LogP contribution in [0, 0.1) is 5.82 Å². The van der Waals surface area contributed by atoms with Crippen molar-refractivity contribution in [1.29, 1.82) is 0 Å². The molecule has 2 aromatic carbocycles. The smallest absolute Gasteiger partial charge is 0.133 e. The molecule has 0 spiro atoms. The largest absolute Gasteiger partial charge is 0.486 e. The fourth-order valence-electron chi connectivity index (χ4n) is 2.49. The zero-order valence-corrected chi connectivity index (χ0v) is 13.9. The minimum atomic E-state index is -0.218. The van der Waals surface area contributed by atoms with Gasteiger partial charge in [-0.05, 0) is 37.4 Å². The molecule has 3 rings (SSSR count). The van der Waals surface area contributed by atoms with E-state index in [2.05, 4.69) is 21.2 Å². The Morgan fingerprint density at radius 3 is 2.95 bits per heavy atom. The summed E-state index contributed by atoms with van der Waals surface area (Å²) in [6.45, 7) is 0. The Kier molecular flexibility index (Phi) is 4.52. The first-order chi connectivity index (χ1) is 10.2. The number of rotatable bonds is 3. The molecule has 2 nitrogen and oxygen atoms in total. The summed E-state index contributed by atoms with van der Waals surface area (Å²) in [6.07, 6.45) is -0.112. The maximum absolute atomic E-state index is 14.1. The van der Waals surface area contributed by atoms with Gasteiger partial charge in [0.1, 0.15) is 17.7 Å². The number of hydrogen-bond acceptors (Lipinski definition) is 3. The number of benzene rings is 2. The van der Waals surface area contributed by atoms with Crippen molar-refractivity contribution < 1.29 is 9.13 Å². The van der Waals surface area contributed by atoms with Gasteiger partial charge in [0, 0.05) is 20.7 Å². The Bertz CT molecular complexity index is 652. The average Bonchev–Trinajstić information content (AvgIpc) is 2.51. The molecule has 0 aromatic heterocycles. The lowest BCUT2D eigenvalue weighted by Crippen LogP contribution is -2.37. The SMILES string of the molecule is CNC(c1cc(Br)ccc1F)C1CSc2ccccc2O1. The molecule has 0 saturated carbocycles. The molecule has 1 aliphatic rings. The first-order valence-electron chi connectivity index (χ1n) is 6.69. The van der Waals surface area contributed by atoms with E-state index in [-0.39, 0.29) is 18.0 Å². The van der Waals surface area contributed by atoms with E-state index in [1.54, 1.807) is 17.8 Å². The number of hydrogen-bond donors (Lipinski definition) is 1. The lowest BCUT2D eigenvalue weighted by molar-refractivity contribution is 0.169. The Hall–Kier alpha value is -1.04. The van der Waals surface area contributed by atoms with Gasteiger partial charge in [0.2, 0.25) is 0 Å². The van der Waals surface area contributed by atoms with E-state index in [4.69, 9.17) is 4.74 Å². The summed E-state index contributed by atoms with van der Waals surface area (Å²) >= 11 is 5.15. The van der Waals surface area contributed by atoms with Crippen LogP contribution in [0.2, 0.25) is 0 Å². The van der Waals surface area contributed by atoms with E-state index in [1.165, 1.54) is 6.07 Å². The summed E-state index contributed by atoms with van der Waals surface area (Å²) < 4.78 is 21.1. The topological polar surface area (TPSA) is 21.3 Å². The van der Waals surface area contributed by atoms with Gasteiger partial charge in [-0.2, -0.15) is 0 Å². The average molecular weight is 368 g/mol.